The highest BCUT2D eigenvalue weighted by Crippen LogP contribution is 2.26. The molecule has 0 radical (unpaired) electrons. The number of benzene rings is 1. The van der Waals surface area contributed by atoms with Gasteiger partial charge in [0.2, 0.25) is 0 Å². The number of aromatic amines is 1. The molecule has 0 spiro atoms. The highest BCUT2D eigenvalue weighted by atomic mass is 35.5. The van der Waals surface area contributed by atoms with Crippen LogP contribution in [0.5, 0.6) is 0 Å². The lowest BCUT2D eigenvalue weighted by molar-refractivity contribution is 0.244. The smallest absolute Gasteiger partial charge is 0.255 e. The Morgan fingerprint density at radius 2 is 1.90 bits per heavy atom. The van der Waals surface area contributed by atoms with E-state index < -0.39 is 0 Å². The normalized spacial score (nSPS) is 17.7. The number of hydrogen-bond donors (Lipinski definition) is 1. The Hall–Kier alpha value is -2.26. The maximum atomic E-state index is 12.8. The molecule has 0 unspecified atom stereocenters. The van der Waals surface area contributed by atoms with Crippen molar-refractivity contribution in [1.29, 1.82) is 0 Å². The first-order valence-electron chi connectivity index (χ1n) is 10.5. The minimum absolute atomic E-state index is 0.0536. The van der Waals surface area contributed by atoms with Crippen molar-refractivity contribution in [3.05, 3.63) is 62.0 Å². The van der Waals surface area contributed by atoms with E-state index in [4.69, 9.17) is 16.6 Å². The van der Waals surface area contributed by atoms with Gasteiger partial charge in [0.25, 0.3) is 5.56 Å². The predicted octanol–water partition coefficient (Wildman–Crippen LogP) is 2.86. The summed E-state index contributed by atoms with van der Waals surface area (Å²) in [5, 5.41) is 1.77. The molecule has 0 amide bonds. The van der Waals surface area contributed by atoms with E-state index in [0.29, 0.717) is 17.4 Å². The quantitative estimate of drug-likeness (QED) is 0.651. The Bertz CT molecular complexity index is 1120. The number of likely N-dealkylation sites (N-methyl/N-ethyl adjacent to an activating group) is 1. The van der Waals surface area contributed by atoms with Crippen LogP contribution in [0, 0.1) is 0 Å². The van der Waals surface area contributed by atoms with Gasteiger partial charge in [-0.25, -0.2) is 9.97 Å². The molecule has 3 aromatic rings. The second kappa shape index (κ2) is 8.70. The van der Waals surface area contributed by atoms with Crippen LogP contribution in [0.25, 0.3) is 11.4 Å². The lowest BCUT2D eigenvalue weighted by Gasteiger charge is -2.32. The molecule has 1 N–H and O–H groups in total. The molecule has 2 aliphatic heterocycles. The zero-order valence-electron chi connectivity index (χ0n) is 17.5. The van der Waals surface area contributed by atoms with Gasteiger partial charge in [0, 0.05) is 73.9 Å². The van der Waals surface area contributed by atoms with Gasteiger partial charge in [-0.1, -0.05) is 11.6 Å². The van der Waals surface area contributed by atoms with Crippen molar-refractivity contribution in [1.82, 2.24) is 24.8 Å². The molecule has 0 bridgehead atoms. The van der Waals surface area contributed by atoms with E-state index in [1.165, 1.54) is 4.88 Å². The van der Waals surface area contributed by atoms with E-state index in [1.807, 2.05) is 30.5 Å². The van der Waals surface area contributed by atoms with Crippen molar-refractivity contribution >= 4 is 28.1 Å². The molecule has 0 aliphatic carbocycles. The van der Waals surface area contributed by atoms with Gasteiger partial charge in [0.15, 0.2) is 5.13 Å². The number of nitrogens with zero attached hydrogens (tertiary/aromatic N) is 5. The monoisotopic (exact) mass is 456 g/mol. The maximum absolute atomic E-state index is 12.8. The molecule has 0 saturated carbocycles. The molecule has 2 aliphatic rings. The molecule has 9 heteroatoms. The fraction of sp³-hybridized carbons (Fsp3) is 0.409. The number of halogens is 1. The summed E-state index contributed by atoms with van der Waals surface area (Å²) >= 11 is 7.74. The summed E-state index contributed by atoms with van der Waals surface area (Å²) in [5.41, 5.74) is 2.48. The summed E-state index contributed by atoms with van der Waals surface area (Å²) < 4.78 is 0. The van der Waals surface area contributed by atoms with Crippen LogP contribution in [-0.2, 0) is 19.5 Å². The first-order valence-corrected chi connectivity index (χ1v) is 11.7. The standard InChI is InChI=1S/C22H25ClN6OS/c1-27-8-10-29(11-9-27)22-24-12-17(31-22)13-28-7-6-19-18(14-28)21(30)26-20(25-19)15-2-4-16(23)5-3-15/h2-5,12H,6-11,13-14H2,1H3,(H,25,26,30). The van der Waals surface area contributed by atoms with Gasteiger partial charge < -0.3 is 14.8 Å². The van der Waals surface area contributed by atoms with Crippen LogP contribution in [0.2, 0.25) is 5.02 Å². The van der Waals surface area contributed by atoms with Gasteiger partial charge in [-0.05, 0) is 31.3 Å². The number of H-pyrrole nitrogens is 1. The zero-order chi connectivity index (χ0) is 21.4. The van der Waals surface area contributed by atoms with Crippen molar-refractivity contribution in [3.63, 3.8) is 0 Å². The fourth-order valence-corrected chi connectivity index (χ4v) is 5.23. The van der Waals surface area contributed by atoms with Crippen LogP contribution in [0.1, 0.15) is 16.1 Å². The number of rotatable bonds is 4. The van der Waals surface area contributed by atoms with Gasteiger partial charge >= 0.3 is 0 Å². The van der Waals surface area contributed by atoms with Crippen LogP contribution in [0.4, 0.5) is 5.13 Å². The molecule has 1 saturated heterocycles. The largest absolute Gasteiger partial charge is 0.346 e. The molecule has 1 fully saturated rings. The third kappa shape index (κ3) is 4.52. The molecule has 2 aromatic heterocycles. The SMILES string of the molecule is CN1CCN(c2ncc(CN3CCc4nc(-c5ccc(Cl)cc5)[nH]c(=O)c4C3)s2)CC1. The van der Waals surface area contributed by atoms with Crippen LogP contribution < -0.4 is 10.5 Å². The van der Waals surface area contributed by atoms with Crippen molar-refractivity contribution in [3.8, 4) is 11.4 Å². The number of thiazole rings is 1. The number of piperazine rings is 1. The van der Waals surface area contributed by atoms with Gasteiger partial charge in [-0.2, -0.15) is 0 Å². The van der Waals surface area contributed by atoms with E-state index in [0.717, 1.165) is 67.6 Å². The van der Waals surface area contributed by atoms with E-state index in [2.05, 4.69) is 31.7 Å². The maximum Gasteiger partial charge on any atom is 0.255 e. The number of aromatic nitrogens is 3. The van der Waals surface area contributed by atoms with Crippen molar-refractivity contribution in [2.24, 2.45) is 0 Å². The summed E-state index contributed by atoms with van der Waals surface area (Å²) in [6, 6.07) is 7.38. The third-order valence-electron chi connectivity index (χ3n) is 5.96. The average Bonchev–Trinajstić information content (AvgIpc) is 3.23. The van der Waals surface area contributed by atoms with Gasteiger partial charge in [0.05, 0.1) is 11.3 Å². The van der Waals surface area contributed by atoms with Crippen LogP contribution in [0.15, 0.2) is 35.3 Å². The highest BCUT2D eigenvalue weighted by molar-refractivity contribution is 7.15. The Morgan fingerprint density at radius 3 is 2.68 bits per heavy atom. The predicted molar refractivity (Wildman–Crippen MR) is 125 cm³/mol. The second-order valence-electron chi connectivity index (χ2n) is 8.21. The van der Waals surface area contributed by atoms with Crippen molar-refractivity contribution < 1.29 is 0 Å². The molecule has 162 valence electrons. The van der Waals surface area contributed by atoms with Crippen molar-refractivity contribution in [2.45, 2.75) is 19.5 Å². The highest BCUT2D eigenvalue weighted by Gasteiger charge is 2.23. The molecule has 31 heavy (non-hydrogen) atoms. The molecule has 5 rings (SSSR count). The molecule has 4 heterocycles. The summed E-state index contributed by atoms with van der Waals surface area (Å²) in [7, 11) is 2.16. The Balaban J connectivity index is 1.28. The molecule has 0 atom stereocenters. The molecule has 7 nitrogen and oxygen atoms in total. The average molecular weight is 457 g/mol. The lowest BCUT2D eigenvalue weighted by Crippen LogP contribution is -2.44. The molecular formula is C22H25ClN6OS. The molecular weight excluding hydrogens is 432 g/mol. The number of anilines is 1. The van der Waals surface area contributed by atoms with E-state index in [1.54, 1.807) is 11.3 Å². The fourth-order valence-electron chi connectivity index (χ4n) is 4.09. The van der Waals surface area contributed by atoms with Crippen LogP contribution in [-0.4, -0.2) is 64.5 Å². The Labute approximate surface area is 190 Å². The summed E-state index contributed by atoms with van der Waals surface area (Å²) in [4.78, 5) is 33.4. The zero-order valence-corrected chi connectivity index (χ0v) is 19.0. The summed E-state index contributed by atoms with van der Waals surface area (Å²) in [5.74, 6) is 0.605. The van der Waals surface area contributed by atoms with Gasteiger partial charge in [0.1, 0.15) is 5.82 Å². The van der Waals surface area contributed by atoms with Crippen LogP contribution >= 0.6 is 22.9 Å². The van der Waals surface area contributed by atoms with Gasteiger partial charge in [-0.15, -0.1) is 11.3 Å². The minimum atomic E-state index is -0.0536. The number of hydrogen-bond acceptors (Lipinski definition) is 7. The summed E-state index contributed by atoms with van der Waals surface area (Å²) in [6.07, 6.45) is 2.75. The topological polar surface area (TPSA) is 68.4 Å². The van der Waals surface area contributed by atoms with E-state index in [9.17, 15) is 4.79 Å². The third-order valence-corrected chi connectivity index (χ3v) is 7.25. The Morgan fingerprint density at radius 1 is 1.13 bits per heavy atom. The van der Waals surface area contributed by atoms with E-state index in [-0.39, 0.29) is 5.56 Å². The summed E-state index contributed by atoms with van der Waals surface area (Å²) in [6.45, 7) is 6.50. The van der Waals surface area contributed by atoms with E-state index >= 15 is 0 Å². The number of nitrogens with one attached hydrogen (secondary N) is 1. The van der Waals surface area contributed by atoms with Gasteiger partial charge in [-0.3, -0.25) is 9.69 Å². The second-order valence-corrected chi connectivity index (χ2v) is 9.74. The first-order chi connectivity index (χ1) is 15.0. The molecule has 1 aromatic carbocycles. The minimum Gasteiger partial charge on any atom is -0.346 e. The lowest BCUT2D eigenvalue weighted by atomic mass is 10.1. The first kappa shape index (κ1) is 20.6. The number of fused-ring (bicyclic) bond motifs is 1. The van der Waals surface area contributed by atoms with Crippen molar-refractivity contribution in [2.75, 3.05) is 44.7 Å². The Kier molecular flexibility index (Phi) is 5.79. The van der Waals surface area contributed by atoms with Crippen LogP contribution in [0.3, 0.4) is 0 Å².